The van der Waals surface area contributed by atoms with Crippen molar-refractivity contribution in [3.8, 4) is 11.5 Å². The van der Waals surface area contributed by atoms with E-state index in [-0.39, 0.29) is 18.1 Å². The summed E-state index contributed by atoms with van der Waals surface area (Å²) in [6, 6.07) is 9.35. The number of nitrogens with zero attached hydrogens (tertiary/aromatic N) is 2. The van der Waals surface area contributed by atoms with Crippen LogP contribution in [-0.4, -0.2) is 36.2 Å². The summed E-state index contributed by atoms with van der Waals surface area (Å²) in [6.07, 6.45) is 9.18. The van der Waals surface area contributed by atoms with E-state index >= 15 is 0 Å². The highest BCUT2D eigenvalue weighted by atomic mass is 16.5. The minimum Gasteiger partial charge on any atom is -0.497 e. The van der Waals surface area contributed by atoms with Crippen LogP contribution in [0.4, 0.5) is 10.5 Å². The molecule has 0 bridgehead atoms. The molecule has 6 heteroatoms. The number of benzene rings is 1. The quantitative estimate of drug-likeness (QED) is 0.760. The second kappa shape index (κ2) is 9.44. The fraction of sp³-hybridized carbons (Fsp3) is 0.455. The lowest BCUT2D eigenvalue weighted by molar-refractivity contribution is 0.139. The van der Waals surface area contributed by atoms with Crippen molar-refractivity contribution in [1.82, 2.24) is 9.88 Å². The number of hydrogen-bond donors (Lipinski definition) is 1. The third kappa shape index (κ3) is 4.55. The van der Waals surface area contributed by atoms with Gasteiger partial charge in [0.2, 0.25) is 0 Å². The average molecular weight is 383 g/mol. The van der Waals surface area contributed by atoms with Gasteiger partial charge >= 0.3 is 6.03 Å². The number of pyridine rings is 1. The molecule has 6 nitrogen and oxygen atoms in total. The molecule has 3 rings (SSSR count). The van der Waals surface area contributed by atoms with Gasteiger partial charge in [-0.3, -0.25) is 4.98 Å². The fourth-order valence-electron chi connectivity index (χ4n) is 3.88. The molecule has 1 N–H and O–H groups in total. The number of anilines is 1. The molecule has 1 heterocycles. The van der Waals surface area contributed by atoms with E-state index in [1.165, 1.54) is 6.42 Å². The van der Waals surface area contributed by atoms with Crippen LogP contribution in [0, 0.1) is 0 Å². The van der Waals surface area contributed by atoms with Crippen molar-refractivity contribution in [3.63, 3.8) is 0 Å². The Bertz CT molecular complexity index is 776. The second-order valence-corrected chi connectivity index (χ2v) is 7.16. The first-order valence-electron chi connectivity index (χ1n) is 9.85. The van der Waals surface area contributed by atoms with Gasteiger partial charge in [0, 0.05) is 24.5 Å². The summed E-state index contributed by atoms with van der Waals surface area (Å²) in [5.74, 6) is 1.26. The molecule has 1 saturated carbocycles. The normalized spacial score (nSPS) is 15.5. The van der Waals surface area contributed by atoms with Crippen LogP contribution in [0.1, 0.15) is 50.6 Å². The summed E-state index contributed by atoms with van der Waals surface area (Å²) < 4.78 is 10.7. The zero-order valence-electron chi connectivity index (χ0n) is 16.9. The molecular weight excluding hydrogens is 354 g/mol. The minimum absolute atomic E-state index is 0.0685. The number of carbonyl (C=O) groups excluding carboxylic acids is 1. The summed E-state index contributed by atoms with van der Waals surface area (Å²) in [4.78, 5) is 19.6. The summed E-state index contributed by atoms with van der Waals surface area (Å²) >= 11 is 0. The third-order valence-corrected chi connectivity index (χ3v) is 5.44. The van der Waals surface area contributed by atoms with Crippen molar-refractivity contribution >= 4 is 11.7 Å². The Kier molecular flexibility index (Phi) is 6.74. The number of ether oxygens (including phenoxy) is 2. The molecule has 1 aromatic heterocycles. The topological polar surface area (TPSA) is 63.7 Å². The van der Waals surface area contributed by atoms with Gasteiger partial charge in [0.25, 0.3) is 0 Å². The van der Waals surface area contributed by atoms with Crippen molar-refractivity contribution < 1.29 is 14.3 Å². The van der Waals surface area contributed by atoms with Crippen molar-refractivity contribution in [3.05, 3.63) is 48.3 Å². The van der Waals surface area contributed by atoms with Crippen molar-refractivity contribution in [2.45, 2.75) is 51.1 Å². The SMILES string of the molecule is COc1ccc(NC(=O)N(C2CCCCC2)[C@H](C)c2cccnc2)c(OC)c1. The molecule has 150 valence electrons. The van der Waals surface area contributed by atoms with Crippen LogP contribution in [0.2, 0.25) is 0 Å². The molecule has 1 fully saturated rings. The number of aromatic nitrogens is 1. The molecule has 1 atom stereocenters. The Morgan fingerprint density at radius 1 is 1.18 bits per heavy atom. The smallest absolute Gasteiger partial charge is 0.322 e. The number of rotatable bonds is 6. The zero-order chi connectivity index (χ0) is 19.9. The lowest BCUT2D eigenvalue weighted by Crippen LogP contribution is -2.45. The van der Waals surface area contributed by atoms with Gasteiger partial charge in [-0.2, -0.15) is 0 Å². The monoisotopic (exact) mass is 383 g/mol. The number of amides is 2. The van der Waals surface area contributed by atoms with E-state index in [0.717, 1.165) is 31.2 Å². The molecule has 1 aromatic carbocycles. The van der Waals surface area contributed by atoms with E-state index in [2.05, 4.69) is 17.2 Å². The summed E-state index contributed by atoms with van der Waals surface area (Å²) in [5.41, 5.74) is 1.66. The van der Waals surface area contributed by atoms with Crippen LogP contribution in [-0.2, 0) is 0 Å². The van der Waals surface area contributed by atoms with Crippen molar-refractivity contribution in [2.75, 3.05) is 19.5 Å². The number of urea groups is 1. The van der Waals surface area contributed by atoms with Crippen LogP contribution in [0.5, 0.6) is 11.5 Å². The molecule has 28 heavy (non-hydrogen) atoms. The first-order chi connectivity index (χ1) is 13.6. The van der Waals surface area contributed by atoms with Gasteiger partial charge in [0.15, 0.2) is 0 Å². The molecule has 1 aliphatic carbocycles. The number of carbonyl (C=O) groups is 1. The first-order valence-corrected chi connectivity index (χ1v) is 9.85. The number of methoxy groups -OCH3 is 2. The fourth-order valence-corrected chi connectivity index (χ4v) is 3.88. The van der Waals surface area contributed by atoms with Gasteiger partial charge < -0.3 is 19.7 Å². The maximum Gasteiger partial charge on any atom is 0.322 e. The van der Waals surface area contributed by atoms with Gasteiger partial charge in [0.05, 0.1) is 25.9 Å². The molecule has 0 aliphatic heterocycles. The van der Waals surface area contributed by atoms with Crippen LogP contribution in [0.15, 0.2) is 42.7 Å². The van der Waals surface area contributed by atoms with Crippen molar-refractivity contribution in [1.29, 1.82) is 0 Å². The Morgan fingerprint density at radius 2 is 1.96 bits per heavy atom. The molecule has 0 spiro atoms. The first kappa shape index (κ1) is 20.0. The van der Waals surface area contributed by atoms with E-state index < -0.39 is 0 Å². The van der Waals surface area contributed by atoms with E-state index in [1.54, 1.807) is 26.5 Å². The van der Waals surface area contributed by atoms with Crippen molar-refractivity contribution in [2.24, 2.45) is 0 Å². The molecule has 0 saturated heterocycles. The maximum atomic E-state index is 13.4. The van der Waals surface area contributed by atoms with Gasteiger partial charge in [-0.25, -0.2) is 4.79 Å². The lowest BCUT2D eigenvalue weighted by Gasteiger charge is -2.38. The van der Waals surface area contributed by atoms with E-state index in [4.69, 9.17) is 9.47 Å². The lowest BCUT2D eigenvalue weighted by atomic mass is 9.92. The van der Waals surface area contributed by atoms with Crippen LogP contribution in [0.25, 0.3) is 0 Å². The Morgan fingerprint density at radius 3 is 2.61 bits per heavy atom. The minimum atomic E-state index is -0.119. The second-order valence-electron chi connectivity index (χ2n) is 7.16. The molecule has 1 aliphatic rings. The molecule has 0 radical (unpaired) electrons. The Hall–Kier alpha value is -2.76. The van der Waals surface area contributed by atoms with Gasteiger partial charge in [-0.1, -0.05) is 25.3 Å². The Balaban J connectivity index is 1.86. The molecule has 0 unspecified atom stereocenters. The van der Waals surface area contributed by atoms with Gasteiger partial charge in [0.1, 0.15) is 11.5 Å². The Labute approximate surface area is 166 Å². The number of hydrogen-bond acceptors (Lipinski definition) is 4. The average Bonchev–Trinajstić information content (AvgIpc) is 2.75. The zero-order valence-corrected chi connectivity index (χ0v) is 16.9. The van der Waals surface area contributed by atoms with E-state index in [0.29, 0.717) is 17.2 Å². The standard InChI is InChI=1S/C22H29N3O3/c1-16(17-8-7-13-23-15-17)25(18-9-5-4-6-10-18)22(26)24-20-12-11-19(27-2)14-21(20)28-3/h7-8,11-16,18H,4-6,9-10H2,1-3H3,(H,24,26)/t16-/m1/s1. The highest BCUT2D eigenvalue weighted by Gasteiger charge is 2.31. The van der Waals surface area contributed by atoms with E-state index in [9.17, 15) is 4.79 Å². The largest absolute Gasteiger partial charge is 0.497 e. The summed E-state index contributed by atoms with van der Waals surface area (Å²) in [7, 11) is 3.19. The van der Waals surface area contributed by atoms with Crippen LogP contribution < -0.4 is 14.8 Å². The van der Waals surface area contributed by atoms with Gasteiger partial charge in [-0.15, -0.1) is 0 Å². The van der Waals surface area contributed by atoms with E-state index in [1.807, 2.05) is 35.4 Å². The van der Waals surface area contributed by atoms with Crippen LogP contribution in [0.3, 0.4) is 0 Å². The predicted octanol–water partition coefficient (Wildman–Crippen LogP) is 5.03. The molecule has 2 aromatic rings. The summed E-state index contributed by atoms with van der Waals surface area (Å²) in [6.45, 7) is 2.07. The third-order valence-electron chi connectivity index (χ3n) is 5.44. The highest BCUT2D eigenvalue weighted by Crippen LogP contribution is 2.33. The molecular formula is C22H29N3O3. The number of nitrogens with one attached hydrogen (secondary N) is 1. The summed E-state index contributed by atoms with van der Waals surface area (Å²) in [5, 5.41) is 3.05. The molecule has 2 amide bonds. The highest BCUT2D eigenvalue weighted by molar-refractivity contribution is 5.91. The maximum absolute atomic E-state index is 13.4. The van der Waals surface area contributed by atoms with Gasteiger partial charge in [-0.05, 0) is 43.5 Å². The van der Waals surface area contributed by atoms with Crippen LogP contribution >= 0.6 is 0 Å². The predicted molar refractivity (Wildman–Crippen MR) is 110 cm³/mol.